The Morgan fingerprint density at radius 3 is 2.58 bits per heavy atom. The monoisotopic (exact) mass is 183 g/mol. The Labute approximate surface area is 74.5 Å². The minimum atomic E-state index is -1.33. The van der Waals surface area contributed by atoms with Gasteiger partial charge >= 0.3 is 0 Å². The van der Waals surface area contributed by atoms with Gasteiger partial charge in [-0.15, -0.1) is 11.3 Å². The van der Waals surface area contributed by atoms with Crippen molar-refractivity contribution in [1.82, 2.24) is 0 Å². The summed E-state index contributed by atoms with van der Waals surface area (Å²) in [5, 5.41) is 26.6. The van der Waals surface area contributed by atoms with Gasteiger partial charge in [-0.3, -0.25) is 0 Å². The predicted octanol–water partition coefficient (Wildman–Crippen LogP) is 0.974. The lowest BCUT2D eigenvalue weighted by Crippen LogP contribution is -2.14. The van der Waals surface area contributed by atoms with E-state index in [4.69, 9.17) is 10.4 Å². The Morgan fingerprint density at radius 2 is 2.17 bits per heavy atom. The van der Waals surface area contributed by atoms with Crippen LogP contribution < -0.4 is 0 Å². The molecule has 0 saturated carbocycles. The van der Waals surface area contributed by atoms with Gasteiger partial charge in [-0.05, 0) is 19.1 Å². The average molecular weight is 183 g/mol. The van der Waals surface area contributed by atoms with E-state index in [0.717, 1.165) is 4.88 Å². The predicted molar refractivity (Wildman–Crippen MR) is 45.6 cm³/mol. The molecular formula is C8H9NO2S. The van der Waals surface area contributed by atoms with Gasteiger partial charge < -0.3 is 10.2 Å². The normalized spacial score (nSPS) is 15.2. The highest BCUT2D eigenvalue weighted by molar-refractivity contribution is 7.12. The summed E-state index contributed by atoms with van der Waals surface area (Å²) in [5.74, 6) is 0. The maximum atomic E-state index is 9.34. The Bertz CT molecular complexity index is 302. The fourth-order valence-corrected chi connectivity index (χ4v) is 1.73. The van der Waals surface area contributed by atoms with E-state index in [9.17, 15) is 5.11 Å². The van der Waals surface area contributed by atoms with E-state index in [1.54, 1.807) is 12.1 Å². The van der Waals surface area contributed by atoms with Gasteiger partial charge in [-0.1, -0.05) is 0 Å². The van der Waals surface area contributed by atoms with Crippen LogP contribution in [0.25, 0.3) is 0 Å². The third-order valence-corrected chi connectivity index (χ3v) is 2.56. The molecule has 2 unspecified atom stereocenters. The van der Waals surface area contributed by atoms with Crippen LogP contribution in [0.1, 0.15) is 15.9 Å². The molecule has 0 bridgehead atoms. The molecule has 1 aromatic rings. The van der Waals surface area contributed by atoms with Crippen LogP contribution in [0, 0.1) is 18.3 Å². The number of hydrogen-bond acceptors (Lipinski definition) is 4. The minimum absolute atomic E-state index is 0.626. The van der Waals surface area contributed by atoms with Crippen molar-refractivity contribution in [2.75, 3.05) is 0 Å². The molecular weight excluding hydrogens is 174 g/mol. The fourth-order valence-electron chi connectivity index (χ4n) is 0.839. The van der Waals surface area contributed by atoms with Crippen molar-refractivity contribution in [2.45, 2.75) is 19.1 Å². The molecule has 0 saturated heterocycles. The topological polar surface area (TPSA) is 64.2 Å². The molecule has 0 aliphatic heterocycles. The zero-order valence-corrected chi connectivity index (χ0v) is 7.38. The summed E-state index contributed by atoms with van der Waals surface area (Å²) in [6.07, 6.45) is -2.41. The minimum Gasteiger partial charge on any atom is -0.384 e. The van der Waals surface area contributed by atoms with Gasteiger partial charge in [-0.25, -0.2) is 0 Å². The summed E-state index contributed by atoms with van der Waals surface area (Å²) in [4.78, 5) is 1.68. The van der Waals surface area contributed by atoms with Crippen molar-refractivity contribution >= 4 is 11.3 Å². The average Bonchev–Trinajstić information content (AvgIpc) is 2.49. The molecule has 64 valence electrons. The van der Waals surface area contributed by atoms with Gasteiger partial charge in [0.05, 0.1) is 6.07 Å². The molecule has 0 radical (unpaired) electrons. The van der Waals surface area contributed by atoms with Crippen LogP contribution in [0.5, 0.6) is 0 Å². The summed E-state index contributed by atoms with van der Waals surface area (Å²) >= 11 is 1.38. The van der Waals surface area contributed by atoms with Gasteiger partial charge in [-0.2, -0.15) is 5.26 Å². The van der Waals surface area contributed by atoms with Crippen LogP contribution >= 0.6 is 11.3 Å². The highest BCUT2D eigenvalue weighted by Gasteiger charge is 2.18. The summed E-state index contributed by atoms with van der Waals surface area (Å²) < 4.78 is 0. The molecule has 2 N–H and O–H groups in total. The summed E-state index contributed by atoms with van der Waals surface area (Å²) in [5.41, 5.74) is 0. The summed E-state index contributed by atoms with van der Waals surface area (Å²) in [6, 6.07) is 5.14. The van der Waals surface area contributed by atoms with Crippen LogP contribution in [-0.2, 0) is 0 Å². The number of nitriles is 1. The van der Waals surface area contributed by atoms with Gasteiger partial charge in [0, 0.05) is 9.75 Å². The van der Waals surface area contributed by atoms with E-state index in [1.165, 1.54) is 11.3 Å². The first-order chi connectivity index (χ1) is 5.65. The quantitative estimate of drug-likeness (QED) is 0.671. The van der Waals surface area contributed by atoms with Crippen molar-refractivity contribution in [3.63, 3.8) is 0 Å². The van der Waals surface area contributed by atoms with Gasteiger partial charge in [0.2, 0.25) is 0 Å². The van der Waals surface area contributed by atoms with Crippen LogP contribution in [0.2, 0.25) is 0 Å². The standard InChI is InChI=1S/C8H9NO2S/c1-5-2-3-7(12-5)8(11)6(10)4-9/h2-3,6,8,10-11H,1H3. The molecule has 0 fully saturated rings. The Hall–Kier alpha value is -0.890. The number of aryl methyl sites for hydroxylation is 1. The second-order valence-corrected chi connectivity index (χ2v) is 3.79. The van der Waals surface area contributed by atoms with E-state index in [1.807, 2.05) is 13.0 Å². The highest BCUT2D eigenvalue weighted by Crippen LogP contribution is 2.24. The smallest absolute Gasteiger partial charge is 0.171 e. The molecule has 1 rings (SSSR count). The molecule has 3 nitrogen and oxygen atoms in total. The Morgan fingerprint density at radius 1 is 1.50 bits per heavy atom. The number of nitrogens with zero attached hydrogens (tertiary/aromatic N) is 1. The Kier molecular flexibility index (Phi) is 2.82. The van der Waals surface area contributed by atoms with Crippen molar-refractivity contribution in [2.24, 2.45) is 0 Å². The molecule has 4 heteroatoms. The third kappa shape index (κ3) is 1.83. The lowest BCUT2D eigenvalue weighted by atomic mass is 10.2. The van der Waals surface area contributed by atoms with Crippen LogP contribution in [0.3, 0.4) is 0 Å². The SMILES string of the molecule is Cc1ccc(C(O)C(O)C#N)s1. The molecule has 12 heavy (non-hydrogen) atoms. The first-order valence-electron chi connectivity index (χ1n) is 3.47. The number of aliphatic hydroxyl groups is 2. The molecule has 1 heterocycles. The van der Waals surface area contributed by atoms with E-state index >= 15 is 0 Å². The number of hydrogen-bond donors (Lipinski definition) is 2. The molecule has 0 aliphatic rings. The van der Waals surface area contributed by atoms with Crippen LogP contribution in [-0.4, -0.2) is 16.3 Å². The molecule has 2 atom stereocenters. The van der Waals surface area contributed by atoms with E-state index in [0.29, 0.717) is 4.88 Å². The third-order valence-electron chi connectivity index (χ3n) is 1.48. The second kappa shape index (κ2) is 3.68. The van der Waals surface area contributed by atoms with Crippen molar-refractivity contribution in [3.8, 4) is 6.07 Å². The van der Waals surface area contributed by atoms with Gasteiger partial charge in [0.1, 0.15) is 6.10 Å². The number of thiophene rings is 1. The fraction of sp³-hybridized carbons (Fsp3) is 0.375. The zero-order valence-electron chi connectivity index (χ0n) is 6.56. The van der Waals surface area contributed by atoms with Gasteiger partial charge in [0.25, 0.3) is 0 Å². The first kappa shape index (κ1) is 9.20. The lowest BCUT2D eigenvalue weighted by Gasteiger charge is -2.07. The maximum Gasteiger partial charge on any atom is 0.171 e. The maximum absolute atomic E-state index is 9.34. The van der Waals surface area contributed by atoms with Crippen molar-refractivity contribution in [3.05, 3.63) is 21.9 Å². The first-order valence-corrected chi connectivity index (χ1v) is 4.29. The van der Waals surface area contributed by atoms with Crippen molar-refractivity contribution < 1.29 is 10.2 Å². The zero-order chi connectivity index (χ0) is 9.14. The largest absolute Gasteiger partial charge is 0.384 e. The van der Waals surface area contributed by atoms with Crippen LogP contribution in [0.4, 0.5) is 0 Å². The Balaban J connectivity index is 2.79. The summed E-state index contributed by atoms with van der Waals surface area (Å²) in [6.45, 7) is 1.90. The molecule has 1 aromatic heterocycles. The summed E-state index contributed by atoms with van der Waals surface area (Å²) in [7, 11) is 0. The molecule has 0 spiro atoms. The van der Waals surface area contributed by atoms with Crippen molar-refractivity contribution in [1.29, 1.82) is 5.26 Å². The number of aliphatic hydroxyl groups excluding tert-OH is 2. The molecule has 0 aliphatic carbocycles. The molecule has 0 amide bonds. The van der Waals surface area contributed by atoms with E-state index < -0.39 is 12.2 Å². The second-order valence-electron chi connectivity index (χ2n) is 2.47. The molecule has 0 aromatic carbocycles. The van der Waals surface area contributed by atoms with Crippen LogP contribution in [0.15, 0.2) is 12.1 Å². The highest BCUT2D eigenvalue weighted by atomic mass is 32.1. The van der Waals surface area contributed by atoms with E-state index in [-0.39, 0.29) is 0 Å². The number of rotatable bonds is 2. The van der Waals surface area contributed by atoms with Gasteiger partial charge in [0.15, 0.2) is 6.10 Å². The van der Waals surface area contributed by atoms with E-state index in [2.05, 4.69) is 0 Å². The lowest BCUT2D eigenvalue weighted by molar-refractivity contribution is 0.0552.